The topological polar surface area (TPSA) is 63.7 Å². The Morgan fingerprint density at radius 3 is 2.14 bits per heavy atom. The molecule has 2 bridgehead atoms. The summed E-state index contributed by atoms with van der Waals surface area (Å²) in [6.07, 6.45) is 3.11. The maximum absolute atomic E-state index is 12.9. The van der Waals surface area contributed by atoms with E-state index < -0.39 is 5.97 Å². The number of amides is 2. The van der Waals surface area contributed by atoms with Gasteiger partial charge in [0.15, 0.2) is 0 Å². The minimum absolute atomic E-state index is 0.0805. The van der Waals surface area contributed by atoms with E-state index in [9.17, 15) is 14.4 Å². The maximum atomic E-state index is 12.9. The normalized spacial score (nSPS) is 28.0. The Morgan fingerprint density at radius 2 is 1.54 bits per heavy atom. The number of benzene rings is 2. The van der Waals surface area contributed by atoms with Crippen LogP contribution in [0.15, 0.2) is 48.5 Å². The standard InChI is InChI=1S/C22H18ClNO4/c23-17-4-2-1-3-16(17)22(27)28-15-9-7-14(8-10-15)24-20(25)18-12-5-6-13(11-12)19(18)21(24)26/h1-4,7-10,12-13,18-19H,5-6,11H2/t12-,13-,18+,19+/m1/s1. The lowest BCUT2D eigenvalue weighted by Crippen LogP contribution is -2.32. The highest BCUT2D eigenvalue weighted by Crippen LogP contribution is 2.56. The Labute approximate surface area is 167 Å². The van der Waals surface area contributed by atoms with Gasteiger partial charge in [-0.3, -0.25) is 14.5 Å². The third-order valence-corrected chi connectivity index (χ3v) is 6.66. The molecule has 142 valence electrons. The molecule has 5 rings (SSSR count). The summed E-state index contributed by atoms with van der Waals surface area (Å²) < 4.78 is 5.36. The maximum Gasteiger partial charge on any atom is 0.345 e. The average Bonchev–Trinajstić information content (AvgIpc) is 3.37. The molecule has 0 unspecified atom stereocenters. The summed E-state index contributed by atoms with van der Waals surface area (Å²) in [6, 6.07) is 13.1. The molecular formula is C22H18ClNO4. The minimum atomic E-state index is -0.558. The molecule has 5 nitrogen and oxygen atoms in total. The number of halogens is 1. The van der Waals surface area contributed by atoms with Crippen LogP contribution in [0.2, 0.25) is 5.02 Å². The van der Waals surface area contributed by atoms with Crippen LogP contribution in [0, 0.1) is 23.7 Å². The molecule has 2 amide bonds. The quantitative estimate of drug-likeness (QED) is 0.446. The molecule has 3 aliphatic rings. The Balaban J connectivity index is 1.35. The van der Waals surface area contributed by atoms with Gasteiger partial charge < -0.3 is 4.74 Å². The second-order valence-corrected chi connectivity index (χ2v) is 8.17. The Hall–Kier alpha value is -2.66. The van der Waals surface area contributed by atoms with Crippen LogP contribution in [0.25, 0.3) is 0 Å². The van der Waals surface area contributed by atoms with Gasteiger partial charge in [0.2, 0.25) is 11.8 Å². The average molecular weight is 396 g/mol. The molecule has 0 spiro atoms. The molecule has 4 atom stereocenters. The van der Waals surface area contributed by atoms with Crippen molar-refractivity contribution in [1.29, 1.82) is 0 Å². The number of hydrogen-bond acceptors (Lipinski definition) is 4. The lowest BCUT2D eigenvalue weighted by Gasteiger charge is -2.19. The summed E-state index contributed by atoms with van der Waals surface area (Å²) in [5, 5.41) is 0.318. The number of nitrogens with zero attached hydrogens (tertiary/aromatic N) is 1. The number of rotatable bonds is 3. The molecule has 1 aliphatic heterocycles. The van der Waals surface area contributed by atoms with Gasteiger partial charge in [-0.05, 0) is 67.5 Å². The predicted octanol–water partition coefficient (Wildman–Crippen LogP) is 4.09. The van der Waals surface area contributed by atoms with E-state index in [2.05, 4.69) is 0 Å². The second-order valence-electron chi connectivity index (χ2n) is 7.76. The van der Waals surface area contributed by atoms with Gasteiger partial charge in [-0.25, -0.2) is 4.79 Å². The predicted molar refractivity (Wildman–Crippen MR) is 103 cm³/mol. The lowest BCUT2D eigenvalue weighted by atomic mass is 9.81. The zero-order valence-corrected chi connectivity index (χ0v) is 15.8. The fraction of sp³-hybridized carbons (Fsp3) is 0.318. The Morgan fingerprint density at radius 1 is 0.929 bits per heavy atom. The molecule has 2 aromatic rings. The molecule has 1 saturated heterocycles. The van der Waals surface area contributed by atoms with Gasteiger partial charge >= 0.3 is 5.97 Å². The van der Waals surface area contributed by atoms with Gasteiger partial charge in [0, 0.05) is 0 Å². The van der Waals surface area contributed by atoms with Crippen molar-refractivity contribution < 1.29 is 19.1 Å². The third-order valence-electron chi connectivity index (χ3n) is 6.33. The van der Waals surface area contributed by atoms with Crippen LogP contribution in [-0.2, 0) is 9.59 Å². The number of anilines is 1. The zero-order valence-electron chi connectivity index (χ0n) is 15.0. The molecule has 2 aliphatic carbocycles. The van der Waals surface area contributed by atoms with Gasteiger partial charge in [-0.1, -0.05) is 23.7 Å². The highest BCUT2D eigenvalue weighted by molar-refractivity contribution is 6.33. The first-order chi connectivity index (χ1) is 13.5. The summed E-state index contributed by atoms with van der Waals surface area (Å²) in [6.45, 7) is 0. The number of imide groups is 1. The van der Waals surface area contributed by atoms with Crippen molar-refractivity contribution in [2.24, 2.45) is 23.7 Å². The van der Waals surface area contributed by atoms with Crippen LogP contribution in [0.4, 0.5) is 5.69 Å². The van der Waals surface area contributed by atoms with Crippen molar-refractivity contribution in [3.63, 3.8) is 0 Å². The second kappa shape index (κ2) is 6.45. The lowest BCUT2D eigenvalue weighted by molar-refractivity contribution is -0.123. The van der Waals surface area contributed by atoms with Gasteiger partial charge in [0.05, 0.1) is 28.1 Å². The van der Waals surface area contributed by atoms with Gasteiger partial charge in [0.25, 0.3) is 0 Å². The van der Waals surface area contributed by atoms with Crippen LogP contribution >= 0.6 is 11.6 Å². The van der Waals surface area contributed by atoms with E-state index in [0.717, 1.165) is 19.3 Å². The molecule has 28 heavy (non-hydrogen) atoms. The minimum Gasteiger partial charge on any atom is -0.423 e. The molecule has 0 radical (unpaired) electrons. The number of hydrogen-bond donors (Lipinski definition) is 0. The van der Waals surface area contributed by atoms with E-state index in [4.69, 9.17) is 16.3 Å². The molecule has 0 N–H and O–H groups in total. The number of ether oxygens (including phenoxy) is 1. The molecule has 1 heterocycles. The number of carbonyl (C=O) groups is 3. The summed E-state index contributed by atoms with van der Waals surface area (Å²) in [4.78, 5) is 39.3. The molecular weight excluding hydrogens is 378 g/mol. The Bertz CT molecular complexity index is 958. The summed E-state index contributed by atoms with van der Waals surface area (Å²) in [5.41, 5.74) is 0.808. The van der Waals surface area contributed by atoms with Crippen molar-refractivity contribution in [2.45, 2.75) is 19.3 Å². The summed E-state index contributed by atoms with van der Waals surface area (Å²) in [5.74, 6) is 0.0180. The highest BCUT2D eigenvalue weighted by Gasteiger charge is 2.61. The largest absolute Gasteiger partial charge is 0.423 e. The van der Waals surface area contributed by atoms with Crippen molar-refractivity contribution in [2.75, 3.05) is 4.90 Å². The third kappa shape index (κ3) is 2.57. The summed E-state index contributed by atoms with van der Waals surface area (Å²) in [7, 11) is 0. The van der Waals surface area contributed by atoms with Crippen LogP contribution in [-0.4, -0.2) is 17.8 Å². The highest BCUT2D eigenvalue weighted by atomic mass is 35.5. The van der Waals surface area contributed by atoms with Crippen LogP contribution in [0.5, 0.6) is 5.75 Å². The first kappa shape index (κ1) is 17.4. The monoisotopic (exact) mass is 395 g/mol. The van der Waals surface area contributed by atoms with E-state index in [1.165, 1.54) is 4.90 Å². The first-order valence-electron chi connectivity index (χ1n) is 9.49. The van der Waals surface area contributed by atoms with E-state index in [0.29, 0.717) is 28.3 Å². The van der Waals surface area contributed by atoms with E-state index in [1.807, 2.05) is 0 Å². The van der Waals surface area contributed by atoms with Gasteiger partial charge in [-0.2, -0.15) is 0 Å². The SMILES string of the molecule is O=C(Oc1ccc(N2C(=O)[C@H]3[C@@H]4CC[C@H](C4)[C@@H]3C2=O)cc1)c1ccccc1Cl. The van der Waals surface area contributed by atoms with Gasteiger partial charge in [-0.15, -0.1) is 0 Å². The van der Waals surface area contributed by atoms with Crippen molar-refractivity contribution >= 4 is 35.1 Å². The van der Waals surface area contributed by atoms with Gasteiger partial charge in [0.1, 0.15) is 5.75 Å². The molecule has 3 fully saturated rings. The van der Waals surface area contributed by atoms with Crippen LogP contribution in [0.3, 0.4) is 0 Å². The number of esters is 1. The van der Waals surface area contributed by atoms with Crippen molar-refractivity contribution in [3.8, 4) is 5.75 Å². The zero-order chi connectivity index (χ0) is 19.4. The van der Waals surface area contributed by atoms with E-state index in [-0.39, 0.29) is 29.2 Å². The van der Waals surface area contributed by atoms with Crippen molar-refractivity contribution in [1.82, 2.24) is 0 Å². The smallest absolute Gasteiger partial charge is 0.345 e. The number of fused-ring (bicyclic) bond motifs is 5. The molecule has 2 saturated carbocycles. The van der Waals surface area contributed by atoms with Crippen molar-refractivity contribution in [3.05, 3.63) is 59.1 Å². The van der Waals surface area contributed by atoms with E-state index >= 15 is 0 Å². The van der Waals surface area contributed by atoms with Crippen LogP contribution in [0.1, 0.15) is 29.6 Å². The number of carbonyl (C=O) groups excluding carboxylic acids is 3. The first-order valence-corrected chi connectivity index (χ1v) is 9.87. The fourth-order valence-corrected chi connectivity index (χ4v) is 5.33. The fourth-order valence-electron chi connectivity index (χ4n) is 5.12. The molecule has 0 aromatic heterocycles. The Kier molecular flexibility index (Phi) is 4.02. The van der Waals surface area contributed by atoms with E-state index in [1.54, 1.807) is 48.5 Å². The molecule has 6 heteroatoms. The molecule has 2 aromatic carbocycles. The van der Waals surface area contributed by atoms with Crippen LogP contribution < -0.4 is 9.64 Å². The summed E-state index contributed by atoms with van der Waals surface area (Å²) >= 11 is 6.02.